The van der Waals surface area contributed by atoms with Gasteiger partial charge in [0.1, 0.15) is 6.04 Å². The molecule has 0 aromatic carbocycles. The molecule has 17 heavy (non-hydrogen) atoms. The van der Waals surface area contributed by atoms with Crippen LogP contribution < -0.4 is 5.73 Å². The van der Waals surface area contributed by atoms with Gasteiger partial charge in [-0.2, -0.15) is 0 Å². The highest BCUT2D eigenvalue weighted by molar-refractivity contribution is 5.78. The zero-order valence-electron chi connectivity index (χ0n) is 9.76. The quantitative estimate of drug-likeness (QED) is 0.438. The number of methoxy groups -OCH3 is 1. The van der Waals surface area contributed by atoms with Crippen molar-refractivity contribution in [3.05, 3.63) is 21.9 Å². The Morgan fingerprint density at radius 2 is 2.29 bits per heavy atom. The Hall–Kier alpha value is -1.96. The number of hydrogen-bond acceptors (Lipinski definition) is 6. The van der Waals surface area contributed by atoms with Crippen molar-refractivity contribution in [1.82, 2.24) is 10.2 Å². The largest absolute Gasteiger partial charge is 0.468 e. The molecule has 1 unspecified atom stereocenters. The van der Waals surface area contributed by atoms with Crippen molar-refractivity contribution in [2.45, 2.75) is 25.3 Å². The fraction of sp³-hybridized carbons (Fsp3) is 0.556. The van der Waals surface area contributed by atoms with Gasteiger partial charge in [-0.1, -0.05) is 18.9 Å². The summed E-state index contributed by atoms with van der Waals surface area (Å²) in [5.74, 6) is -0.903. The fourth-order valence-corrected chi connectivity index (χ4v) is 1.48. The predicted molar refractivity (Wildman–Crippen MR) is 58.3 cm³/mol. The van der Waals surface area contributed by atoms with Crippen LogP contribution in [0.2, 0.25) is 0 Å². The van der Waals surface area contributed by atoms with Gasteiger partial charge >= 0.3 is 11.8 Å². The zero-order chi connectivity index (χ0) is 13.2. The molecule has 0 aliphatic rings. The number of nitro groups is 1. The first-order valence-corrected chi connectivity index (χ1v) is 4.84. The number of carbonyl (C=O) groups is 1. The van der Waals surface area contributed by atoms with Gasteiger partial charge in [-0.05, 0) is 4.92 Å². The van der Waals surface area contributed by atoms with Gasteiger partial charge in [0.15, 0.2) is 0 Å². The molecule has 0 aliphatic heterocycles. The van der Waals surface area contributed by atoms with Gasteiger partial charge in [0.2, 0.25) is 0 Å². The number of nitrogens with zero attached hydrogens (tertiary/aromatic N) is 2. The summed E-state index contributed by atoms with van der Waals surface area (Å²) in [7, 11) is 1.21. The highest BCUT2D eigenvalue weighted by Crippen LogP contribution is 2.32. The average molecular weight is 242 g/mol. The van der Waals surface area contributed by atoms with Gasteiger partial charge < -0.3 is 20.6 Å². The molecule has 0 aliphatic carbocycles. The Balaban J connectivity index is 3.16. The zero-order valence-corrected chi connectivity index (χ0v) is 9.76. The Morgan fingerprint density at radius 1 is 1.71 bits per heavy atom. The predicted octanol–water partition coefficient (Wildman–Crippen LogP) is 0.0958. The maximum absolute atomic E-state index is 11.4. The van der Waals surface area contributed by atoms with Gasteiger partial charge in [0.05, 0.1) is 18.9 Å². The molecule has 0 fully saturated rings. The minimum Gasteiger partial charge on any atom is -0.468 e. The lowest BCUT2D eigenvalue weighted by atomic mass is 9.79. The first kappa shape index (κ1) is 13.1. The maximum atomic E-state index is 11.4. The molecular weight excluding hydrogens is 228 g/mol. The van der Waals surface area contributed by atoms with Gasteiger partial charge in [-0.3, -0.25) is 4.79 Å². The van der Waals surface area contributed by atoms with Crippen molar-refractivity contribution in [1.29, 1.82) is 0 Å². The van der Waals surface area contributed by atoms with Crippen molar-refractivity contribution in [2.75, 3.05) is 7.11 Å². The van der Waals surface area contributed by atoms with Crippen LogP contribution in [-0.2, 0) is 14.9 Å². The molecule has 0 amide bonds. The van der Waals surface area contributed by atoms with Crippen LogP contribution in [0.4, 0.5) is 5.82 Å². The molecule has 1 atom stereocenters. The number of nitrogens with two attached hydrogens (primary N) is 1. The lowest BCUT2D eigenvalue weighted by Gasteiger charge is -2.27. The average Bonchev–Trinajstić information content (AvgIpc) is 2.76. The topological polar surface area (TPSA) is 124 Å². The summed E-state index contributed by atoms with van der Waals surface area (Å²) in [4.78, 5) is 21.6. The molecule has 94 valence electrons. The van der Waals surface area contributed by atoms with E-state index < -0.39 is 22.3 Å². The second-order valence-corrected chi connectivity index (χ2v) is 4.11. The van der Waals surface area contributed by atoms with E-state index in [1.165, 1.54) is 13.3 Å². The standard InChI is InChI=1S/C9H14N4O4/c1-9(2,6(10)8(14)17-3)5-4-11-12-7(5)13(15)16/h4,6H,10H2,1-3H3,(H,11,12). The summed E-state index contributed by atoms with van der Waals surface area (Å²) in [6, 6.07) is -1.01. The fourth-order valence-electron chi connectivity index (χ4n) is 1.48. The third-order valence-electron chi connectivity index (χ3n) is 2.73. The van der Waals surface area contributed by atoms with Crippen LogP contribution in [0.25, 0.3) is 0 Å². The first-order valence-electron chi connectivity index (χ1n) is 4.84. The van der Waals surface area contributed by atoms with Crippen LogP contribution >= 0.6 is 0 Å². The SMILES string of the molecule is COC(=O)C(N)C(C)(C)c1cn[nH]c1[N+](=O)[O-]. The highest BCUT2D eigenvalue weighted by atomic mass is 16.6. The molecule has 1 heterocycles. The molecule has 0 saturated heterocycles. The molecule has 3 N–H and O–H groups in total. The number of hydrogen-bond donors (Lipinski definition) is 2. The van der Waals surface area contributed by atoms with Crippen molar-refractivity contribution in [3.8, 4) is 0 Å². The summed E-state index contributed by atoms with van der Waals surface area (Å²) in [5.41, 5.74) is 5.04. The van der Waals surface area contributed by atoms with Gasteiger partial charge in [0.25, 0.3) is 0 Å². The summed E-state index contributed by atoms with van der Waals surface area (Å²) in [6.07, 6.45) is 1.29. The van der Waals surface area contributed by atoms with E-state index in [4.69, 9.17) is 5.73 Å². The van der Waals surface area contributed by atoms with E-state index in [1.807, 2.05) is 0 Å². The molecule has 0 spiro atoms. The lowest BCUT2D eigenvalue weighted by Crippen LogP contribution is -2.47. The number of esters is 1. The molecule has 0 bridgehead atoms. The summed E-state index contributed by atoms with van der Waals surface area (Å²) >= 11 is 0. The van der Waals surface area contributed by atoms with Crippen LogP contribution in [0.5, 0.6) is 0 Å². The second-order valence-electron chi connectivity index (χ2n) is 4.11. The van der Waals surface area contributed by atoms with Crippen LogP contribution in [0.1, 0.15) is 19.4 Å². The number of H-pyrrole nitrogens is 1. The molecule has 8 nitrogen and oxygen atoms in total. The van der Waals surface area contributed by atoms with E-state index in [2.05, 4.69) is 14.9 Å². The Bertz CT molecular complexity index is 440. The minimum absolute atomic E-state index is 0.264. The molecule has 1 aromatic rings. The number of nitrogens with one attached hydrogen (secondary N) is 1. The number of carbonyl (C=O) groups excluding carboxylic acids is 1. The number of aromatic amines is 1. The second kappa shape index (κ2) is 4.50. The minimum atomic E-state index is -1.01. The first-order chi connectivity index (χ1) is 7.82. The van der Waals surface area contributed by atoms with Crippen LogP contribution in [0.3, 0.4) is 0 Å². The van der Waals surface area contributed by atoms with E-state index >= 15 is 0 Å². The maximum Gasteiger partial charge on any atom is 0.346 e. The van der Waals surface area contributed by atoms with Crippen molar-refractivity contribution >= 4 is 11.8 Å². The van der Waals surface area contributed by atoms with Crippen LogP contribution in [0, 0.1) is 10.1 Å². The van der Waals surface area contributed by atoms with Crippen LogP contribution in [0.15, 0.2) is 6.20 Å². The molecule has 8 heteroatoms. The molecule has 0 saturated carbocycles. The van der Waals surface area contributed by atoms with Gasteiger partial charge in [0, 0.05) is 5.41 Å². The van der Waals surface area contributed by atoms with Crippen molar-refractivity contribution < 1.29 is 14.5 Å². The Kier molecular flexibility index (Phi) is 3.47. The van der Waals surface area contributed by atoms with Gasteiger partial charge in [-0.15, -0.1) is 5.10 Å². The normalized spacial score (nSPS) is 13.2. The Morgan fingerprint density at radius 3 is 2.76 bits per heavy atom. The highest BCUT2D eigenvalue weighted by Gasteiger charge is 2.40. The van der Waals surface area contributed by atoms with Crippen molar-refractivity contribution in [3.63, 3.8) is 0 Å². The van der Waals surface area contributed by atoms with E-state index in [1.54, 1.807) is 13.8 Å². The smallest absolute Gasteiger partial charge is 0.346 e. The number of aromatic nitrogens is 2. The third-order valence-corrected chi connectivity index (χ3v) is 2.73. The van der Waals surface area contributed by atoms with Crippen molar-refractivity contribution in [2.24, 2.45) is 5.73 Å². The summed E-state index contributed by atoms with van der Waals surface area (Å²) in [5, 5.41) is 16.6. The third kappa shape index (κ3) is 2.26. The molecular formula is C9H14N4O4. The lowest BCUT2D eigenvalue weighted by molar-refractivity contribution is -0.390. The number of rotatable bonds is 4. The molecule has 1 aromatic heterocycles. The van der Waals surface area contributed by atoms with Gasteiger partial charge in [-0.25, -0.2) is 0 Å². The number of ether oxygens (including phenoxy) is 1. The molecule has 1 rings (SSSR count). The summed E-state index contributed by atoms with van der Waals surface area (Å²) in [6.45, 7) is 3.24. The van der Waals surface area contributed by atoms with E-state index in [0.29, 0.717) is 0 Å². The summed E-state index contributed by atoms with van der Waals surface area (Å²) < 4.78 is 4.53. The van der Waals surface area contributed by atoms with Crippen LogP contribution in [-0.4, -0.2) is 34.2 Å². The Labute approximate surface area is 97.3 Å². The molecule has 0 radical (unpaired) electrons. The van der Waals surface area contributed by atoms with E-state index in [-0.39, 0.29) is 11.4 Å². The monoisotopic (exact) mass is 242 g/mol. The van der Waals surface area contributed by atoms with E-state index in [0.717, 1.165) is 0 Å². The van der Waals surface area contributed by atoms with E-state index in [9.17, 15) is 14.9 Å².